The number of likely N-dealkylation sites (tertiary alicyclic amines) is 1. The number of rotatable bonds is 7. The fraction of sp³-hybridized carbons (Fsp3) is 0.375. The summed E-state index contributed by atoms with van der Waals surface area (Å²) in [6.07, 6.45) is 5.76. The smallest absolute Gasteiger partial charge is 0.162 e. The number of nitrogens with one attached hydrogen (secondary N) is 1. The van der Waals surface area contributed by atoms with Gasteiger partial charge in [-0.2, -0.15) is 0 Å². The Morgan fingerprint density at radius 1 is 1.17 bits per heavy atom. The number of hydrogen-bond donors (Lipinski definition) is 1. The topological polar surface area (TPSA) is 45.3 Å². The molecular formula is C24H28ClFN2O2. The summed E-state index contributed by atoms with van der Waals surface area (Å²) in [5.41, 5.74) is 3.12. The van der Waals surface area contributed by atoms with Crippen molar-refractivity contribution in [1.82, 2.24) is 9.88 Å². The summed E-state index contributed by atoms with van der Waals surface area (Å²) in [4.78, 5) is 18.1. The number of aromatic nitrogens is 1. The predicted octanol–water partition coefficient (Wildman–Crippen LogP) is 5.58. The molecule has 4 rings (SSSR count). The zero-order valence-corrected chi connectivity index (χ0v) is 18.0. The van der Waals surface area contributed by atoms with Gasteiger partial charge in [-0.25, -0.2) is 4.39 Å². The van der Waals surface area contributed by atoms with E-state index in [4.69, 9.17) is 4.74 Å². The monoisotopic (exact) mass is 430 g/mol. The quantitative estimate of drug-likeness (QED) is 0.497. The van der Waals surface area contributed by atoms with E-state index in [1.165, 1.54) is 23.1 Å². The average molecular weight is 431 g/mol. The number of aromatic amines is 1. The Bertz CT molecular complexity index is 979. The van der Waals surface area contributed by atoms with E-state index in [2.05, 4.69) is 22.1 Å². The van der Waals surface area contributed by atoms with Gasteiger partial charge in [0.1, 0.15) is 11.6 Å². The molecule has 0 bridgehead atoms. The van der Waals surface area contributed by atoms with Crippen molar-refractivity contribution in [3.63, 3.8) is 0 Å². The van der Waals surface area contributed by atoms with Crippen LogP contribution in [0.4, 0.5) is 4.39 Å². The lowest BCUT2D eigenvalue weighted by molar-refractivity contribution is 0.0972. The van der Waals surface area contributed by atoms with Gasteiger partial charge in [-0.15, -0.1) is 12.4 Å². The number of benzene rings is 2. The van der Waals surface area contributed by atoms with Crippen LogP contribution in [-0.2, 0) is 0 Å². The maximum absolute atomic E-state index is 13.0. The summed E-state index contributed by atoms with van der Waals surface area (Å²) in [6.45, 7) is 3.04. The average Bonchev–Trinajstić information content (AvgIpc) is 3.18. The van der Waals surface area contributed by atoms with Crippen LogP contribution in [0.25, 0.3) is 10.9 Å². The SMILES string of the molecule is COc1ccc2c(C3CCN(CCCC(=O)c4ccc(F)cc4)CC3)c[nH]c2c1.Cl. The molecule has 0 spiro atoms. The van der Waals surface area contributed by atoms with Gasteiger partial charge >= 0.3 is 0 Å². The Balaban J connectivity index is 0.00000256. The van der Waals surface area contributed by atoms with E-state index in [-0.39, 0.29) is 24.0 Å². The van der Waals surface area contributed by atoms with E-state index in [1.54, 1.807) is 19.2 Å². The molecule has 6 heteroatoms. The van der Waals surface area contributed by atoms with Gasteiger partial charge in [0.05, 0.1) is 7.11 Å². The molecule has 0 unspecified atom stereocenters. The van der Waals surface area contributed by atoms with Crippen LogP contribution in [0.1, 0.15) is 47.5 Å². The lowest BCUT2D eigenvalue weighted by atomic mass is 9.89. The molecule has 1 aromatic heterocycles. The minimum Gasteiger partial charge on any atom is -0.497 e. The van der Waals surface area contributed by atoms with Gasteiger partial charge < -0.3 is 14.6 Å². The van der Waals surface area contributed by atoms with Crippen molar-refractivity contribution in [2.75, 3.05) is 26.7 Å². The molecule has 160 valence electrons. The molecule has 1 aliphatic heterocycles. The standard InChI is InChI=1S/C24H27FN2O2.ClH/c1-29-20-8-9-21-22(16-26-23(21)15-20)17-10-13-27(14-11-17)12-2-3-24(28)18-4-6-19(25)7-5-18;/h4-9,15-17,26H,2-3,10-14H2,1H3;1H. The van der Waals surface area contributed by atoms with E-state index < -0.39 is 0 Å². The molecule has 0 saturated carbocycles. The number of Topliss-reactive ketones (excluding diaryl/α,β-unsaturated/α-hetero) is 1. The van der Waals surface area contributed by atoms with E-state index in [1.807, 2.05) is 12.1 Å². The van der Waals surface area contributed by atoms with Gasteiger partial charge in [0.25, 0.3) is 0 Å². The predicted molar refractivity (Wildman–Crippen MR) is 120 cm³/mol. The summed E-state index contributed by atoms with van der Waals surface area (Å²) in [7, 11) is 1.69. The number of fused-ring (bicyclic) bond motifs is 1. The van der Waals surface area contributed by atoms with Crippen molar-refractivity contribution < 1.29 is 13.9 Å². The number of ketones is 1. The Labute approximate surface area is 182 Å². The number of halogens is 2. The number of hydrogen-bond acceptors (Lipinski definition) is 3. The second-order valence-electron chi connectivity index (χ2n) is 7.81. The van der Waals surface area contributed by atoms with E-state index in [0.717, 1.165) is 50.2 Å². The van der Waals surface area contributed by atoms with Gasteiger partial charge in [0.2, 0.25) is 0 Å². The van der Waals surface area contributed by atoms with Crippen molar-refractivity contribution >= 4 is 29.1 Å². The second kappa shape index (κ2) is 10.1. The molecule has 0 aliphatic carbocycles. The van der Waals surface area contributed by atoms with Crippen molar-refractivity contribution in [3.8, 4) is 5.75 Å². The minimum absolute atomic E-state index is 0. The Morgan fingerprint density at radius 2 is 1.90 bits per heavy atom. The molecule has 1 fully saturated rings. The first kappa shape index (κ1) is 22.3. The second-order valence-corrected chi connectivity index (χ2v) is 7.81. The molecule has 0 radical (unpaired) electrons. The maximum atomic E-state index is 13.0. The third-order valence-electron chi connectivity index (χ3n) is 5.99. The van der Waals surface area contributed by atoms with Gasteiger partial charge in [0.15, 0.2) is 5.78 Å². The molecule has 1 aliphatic rings. The van der Waals surface area contributed by atoms with Crippen LogP contribution in [0.3, 0.4) is 0 Å². The highest BCUT2D eigenvalue weighted by Gasteiger charge is 2.23. The molecule has 2 aromatic carbocycles. The van der Waals surface area contributed by atoms with E-state index >= 15 is 0 Å². The van der Waals surface area contributed by atoms with Crippen LogP contribution in [0.2, 0.25) is 0 Å². The molecule has 1 saturated heterocycles. The number of methoxy groups -OCH3 is 1. The lowest BCUT2D eigenvalue weighted by Crippen LogP contribution is -2.33. The molecule has 3 aromatic rings. The number of carbonyl (C=O) groups excluding carboxylic acids is 1. The van der Waals surface area contributed by atoms with Crippen molar-refractivity contribution in [2.45, 2.75) is 31.6 Å². The fourth-order valence-electron chi connectivity index (χ4n) is 4.30. The molecule has 0 amide bonds. The van der Waals surface area contributed by atoms with E-state index in [9.17, 15) is 9.18 Å². The fourth-order valence-corrected chi connectivity index (χ4v) is 4.30. The van der Waals surface area contributed by atoms with E-state index in [0.29, 0.717) is 17.9 Å². The highest BCUT2D eigenvalue weighted by atomic mass is 35.5. The first-order chi connectivity index (χ1) is 14.1. The first-order valence-electron chi connectivity index (χ1n) is 10.3. The Morgan fingerprint density at radius 3 is 2.60 bits per heavy atom. The zero-order valence-electron chi connectivity index (χ0n) is 17.2. The number of carbonyl (C=O) groups is 1. The third kappa shape index (κ3) is 5.02. The molecule has 1 N–H and O–H groups in total. The molecule has 0 atom stereocenters. The molecule has 4 nitrogen and oxygen atoms in total. The highest BCUT2D eigenvalue weighted by Crippen LogP contribution is 2.34. The number of ether oxygens (including phenoxy) is 1. The highest BCUT2D eigenvalue weighted by molar-refractivity contribution is 5.95. The van der Waals surface area contributed by atoms with Gasteiger partial charge in [-0.05, 0) is 86.8 Å². The van der Waals surface area contributed by atoms with Crippen LogP contribution in [-0.4, -0.2) is 42.4 Å². The summed E-state index contributed by atoms with van der Waals surface area (Å²) in [6, 6.07) is 12.0. The minimum atomic E-state index is -0.307. The van der Waals surface area contributed by atoms with Crippen LogP contribution < -0.4 is 4.74 Å². The number of piperidine rings is 1. The number of nitrogens with zero attached hydrogens (tertiary/aromatic N) is 1. The molecular weight excluding hydrogens is 403 g/mol. The molecule has 2 heterocycles. The van der Waals surface area contributed by atoms with Crippen LogP contribution in [0, 0.1) is 5.82 Å². The van der Waals surface area contributed by atoms with Crippen molar-refractivity contribution in [3.05, 3.63) is 65.6 Å². The van der Waals surface area contributed by atoms with Gasteiger partial charge in [-0.1, -0.05) is 0 Å². The van der Waals surface area contributed by atoms with Gasteiger partial charge in [0, 0.05) is 35.2 Å². The first-order valence-corrected chi connectivity index (χ1v) is 10.3. The summed E-state index contributed by atoms with van der Waals surface area (Å²) in [5, 5.41) is 1.29. The summed E-state index contributed by atoms with van der Waals surface area (Å²) >= 11 is 0. The largest absolute Gasteiger partial charge is 0.497 e. The maximum Gasteiger partial charge on any atom is 0.162 e. The normalized spacial score (nSPS) is 15.1. The Hall–Kier alpha value is -2.37. The van der Waals surface area contributed by atoms with Crippen LogP contribution >= 0.6 is 12.4 Å². The summed E-state index contributed by atoms with van der Waals surface area (Å²) < 4.78 is 18.3. The zero-order chi connectivity index (χ0) is 20.2. The van der Waals surface area contributed by atoms with Crippen molar-refractivity contribution in [1.29, 1.82) is 0 Å². The lowest BCUT2D eigenvalue weighted by Gasteiger charge is -2.31. The molecule has 30 heavy (non-hydrogen) atoms. The third-order valence-corrected chi connectivity index (χ3v) is 5.99. The Kier molecular flexibility index (Phi) is 7.51. The van der Waals surface area contributed by atoms with Crippen LogP contribution in [0.5, 0.6) is 5.75 Å². The van der Waals surface area contributed by atoms with Gasteiger partial charge in [-0.3, -0.25) is 4.79 Å². The number of H-pyrrole nitrogens is 1. The summed E-state index contributed by atoms with van der Waals surface area (Å²) in [5.74, 6) is 1.22. The van der Waals surface area contributed by atoms with Crippen molar-refractivity contribution in [2.24, 2.45) is 0 Å². The van der Waals surface area contributed by atoms with Crippen LogP contribution in [0.15, 0.2) is 48.7 Å².